The Morgan fingerprint density at radius 1 is 1.30 bits per heavy atom. The molecule has 0 unspecified atom stereocenters. The minimum Gasteiger partial charge on any atom is -0.463 e. The third-order valence-corrected chi connectivity index (χ3v) is 5.30. The predicted molar refractivity (Wildman–Crippen MR) is 97.6 cm³/mol. The van der Waals surface area contributed by atoms with Crippen molar-refractivity contribution in [2.75, 3.05) is 18.1 Å². The smallest absolute Gasteiger partial charge is 0.334 e. The van der Waals surface area contributed by atoms with Crippen LogP contribution < -0.4 is 4.90 Å². The van der Waals surface area contributed by atoms with Gasteiger partial charge in [-0.25, -0.2) is 4.79 Å². The summed E-state index contributed by atoms with van der Waals surface area (Å²) in [5.74, 6) is -0.177. The maximum Gasteiger partial charge on any atom is 0.334 e. The summed E-state index contributed by atoms with van der Waals surface area (Å²) in [6.45, 7) is 3.17. The van der Waals surface area contributed by atoms with E-state index >= 15 is 0 Å². The fourth-order valence-electron chi connectivity index (χ4n) is 3.68. The topological polar surface area (TPSA) is 29.5 Å². The van der Waals surface area contributed by atoms with Crippen LogP contribution in [0.4, 0.5) is 5.69 Å². The number of fused-ring (bicyclic) bond motifs is 1. The molecule has 0 amide bonds. The molecule has 0 N–H and O–H groups in total. The lowest BCUT2D eigenvalue weighted by Crippen LogP contribution is -2.37. The van der Waals surface area contributed by atoms with Crippen molar-refractivity contribution in [1.29, 1.82) is 0 Å². The molecular formula is C19H24BrNO2. The molecule has 4 heteroatoms. The molecule has 23 heavy (non-hydrogen) atoms. The van der Waals surface area contributed by atoms with Gasteiger partial charge in [-0.05, 0) is 56.0 Å². The normalized spacial score (nSPS) is 18.9. The van der Waals surface area contributed by atoms with E-state index < -0.39 is 0 Å². The van der Waals surface area contributed by atoms with Crippen molar-refractivity contribution in [3.8, 4) is 0 Å². The summed E-state index contributed by atoms with van der Waals surface area (Å²) in [6, 6.07) is 6.98. The summed E-state index contributed by atoms with van der Waals surface area (Å²) in [4.78, 5) is 14.7. The number of ether oxygens (including phenoxy) is 1. The van der Waals surface area contributed by atoms with E-state index in [4.69, 9.17) is 4.74 Å². The summed E-state index contributed by atoms with van der Waals surface area (Å²) in [5.41, 5.74) is 3.15. The minimum atomic E-state index is -0.177. The van der Waals surface area contributed by atoms with E-state index in [9.17, 15) is 4.79 Å². The van der Waals surface area contributed by atoms with Crippen molar-refractivity contribution >= 4 is 33.7 Å². The predicted octanol–water partition coefficient (Wildman–Crippen LogP) is 4.94. The minimum absolute atomic E-state index is 0.177. The van der Waals surface area contributed by atoms with Crippen LogP contribution in [0.25, 0.3) is 6.08 Å². The lowest BCUT2D eigenvalue weighted by Gasteiger charge is -2.36. The highest BCUT2D eigenvalue weighted by atomic mass is 79.9. The Kier molecular flexibility index (Phi) is 5.42. The molecule has 1 aliphatic carbocycles. The van der Waals surface area contributed by atoms with E-state index in [1.165, 1.54) is 37.8 Å². The standard InChI is InChI=1S/C19H24BrNO2/c1-2-23-19(22)14-10-11-21(17-6-4-3-5-7-17)18-9-8-16(20)13-15(18)12-14/h8-9,12-13,17H,2-7,10-11H2,1H3. The molecule has 1 heterocycles. The molecule has 1 saturated carbocycles. The summed E-state index contributed by atoms with van der Waals surface area (Å²) >= 11 is 3.56. The number of benzene rings is 1. The monoisotopic (exact) mass is 377 g/mol. The number of anilines is 1. The number of hydrogen-bond acceptors (Lipinski definition) is 3. The molecular weight excluding hydrogens is 354 g/mol. The largest absolute Gasteiger partial charge is 0.463 e. The highest BCUT2D eigenvalue weighted by Gasteiger charge is 2.26. The number of carbonyl (C=O) groups is 1. The number of esters is 1. The van der Waals surface area contributed by atoms with Gasteiger partial charge in [0, 0.05) is 28.3 Å². The van der Waals surface area contributed by atoms with Gasteiger partial charge < -0.3 is 9.64 Å². The molecule has 124 valence electrons. The van der Waals surface area contributed by atoms with Gasteiger partial charge in [-0.2, -0.15) is 0 Å². The summed E-state index contributed by atoms with van der Waals surface area (Å²) < 4.78 is 6.27. The van der Waals surface area contributed by atoms with Crippen molar-refractivity contribution in [3.63, 3.8) is 0 Å². The quantitative estimate of drug-likeness (QED) is 0.698. The summed E-state index contributed by atoms with van der Waals surface area (Å²) in [6.07, 6.45) is 9.25. The number of hydrogen-bond donors (Lipinski definition) is 0. The number of carbonyl (C=O) groups excluding carboxylic acids is 1. The molecule has 0 atom stereocenters. The molecule has 0 radical (unpaired) electrons. The van der Waals surface area contributed by atoms with Crippen LogP contribution in [0.15, 0.2) is 28.2 Å². The van der Waals surface area contributed by atoms with Gasteiger partial charge in [0.1, 0.15) is 0 Å². The Hall–Kier alpha value is -1.29. The molecule has 0 bridgehead atoms. The van der Waals surface area contributed by atoms with E-state index in [1.807, 2.05) is 13.0 Å². The molecule has 0 saturated heterocycles. The van der Waals surface area contributed by atoms with Gasteiger partial charge in [0.05, 0.1) is 6.61 Å². The molecule has 1 aliphatic heterocycles. The highest BCUT2D eigenvalue weighted by Crippen LogP contribution is 2.35. The zero-order valence-corrected chi connectivity index (χ0v) is 15.3. The van der Waals surface area contributed by atoms with Crippen molar-refractivity contribution < 1.29 is 9.53 Å². The first kappa shape index (κ1) is 16.6. The van der Waals surface area contributed by atoms with Gasteiger partial charge in [-0.15, -0.1) is 0 Å². The Balaban J connectivity index is 1.93. The molecule has 1 aromatic rings. The fraction of sp³-hybridized carbons (Fsp3) is 0.526. The van der Waals surface area contributed by atoms with Crippen molar-refractivity contribution in [2.24, 2.45) is 0 Å². The van der Waals surface area contributed by atoms with Gasteiger partial charge in [0.25, 0.3) is 0 Å². The van der Waals surface area contributed by atoms with Crippen LogP contribution in [0.2, 0.25) is 0 Å². The molecule has 1 fully saturated rings. The zero-order valence-electron chi connectivity index (χ0n) is 13.7. The van der Waals surface area contributed by atoms with E-state index in [0.717, 1.165) is 28.6 Å². The molecule has 3 rings (SSSR count). The maximum absolute atomic E-state index is 12.2. The van der Waals surface area contributed by atoms with Gasteiger partial charge >= 0.3 is 5.97 Å². The van der Waals surface area contributed by atoms with Crippen LogP contribution >= 0.6 is 15.9 Å². The average molecular weight is 378 g/mol. The van der Waals surface area contributed by atoms with E-state index in [-0.39, 0.29) is 5.97 Å². The van der Waals surface area contributed by atoms with Gasteiger partial charge in [-0.3, -0.25) is 0 Å². The van der Waals surface area contributed by atoms with Crippen molar-refractivity contribution in [2.45, 2.75) is 51.5 Å². The van der Waals surface area contributed by atoms with E-state index in [0.29, 0.717) is 12.6 Å². The molecule has 2 aliphatic rings. The van der Waals surface area contributed by atoms with Crippen LogP contribution in [-0.2, 0) is 9.53 Å². The second kappa shape index (κ2) is 7.52. The first-order valence-corrected chi connectivity index (χ1v) is 9.42. The number of halogens is 1. The highest BCUT2D eigenvalue weighted by molar-refractivity contribution is 9.10. The maximum atomic E-state index is 12.2. The van der Waals surface area contributed by atoms with Crippen molar-refractivity contribution in [1.82, 2.24) is 0 Å². The lowest BCUT2D eigenvalue weighted by atomic mass is 9.93. The summed E-state index contributed by atoms with van der Waals surface area (Å²) in [5, 5.41) is 0. The Morgan fingerprint density at radius 3 is 2.83 bits per heavy atom. The lowest BCUT2D eigenvalue weighted by molar-refractivity contribution is -0.138. The molecule has 0 spiro atoms. The average Bonchev–Trinajstić information content (AvgIpc) is 2.75. The molecule has 0 aromatic heterocycles. The molecule has 3 nitrogen and oxygen atoms in total. The first-order chi connectivity index (χ1) is 11.2. The second-order valence-electron chi connectivity index (χ2n) is 6.33. The van der Waals surface area contributed by atoms with Crippen LogP contribution in [0.1, 0.15) is 51.0 Å². The number of rotatable bonds is 3. The van der Waals surface area contributed by atoms with E-state index in [1.54, 1.807) is 0 Å². The van der Waals surface area contributed by atoms with E-state index in [2.05, 4.69) is 39.0 Å². The van der Waals surface area contributed by atoms with Crippen LogP contribution in [-0.4, -0.2) is 25.2 Å². The SMILES string of the molecule is CCOC(=O)C1=Cc2cc(Br)ccc2N(C2CCCCC2)CC1. The Labute approximate surface area is 146 Å². The second-order valence-corrected chi connectivity index (χ2v) is 7.24. The van der Waals surface area contributed by atoms with Gasteiger partial charge in [0.2, 0.25) is 0 Å². The van der Waals surface area contributed by atoms with Gasteiger partial charge in [-0.1, -0.05) is 35.2 Å². The Morgan fingerprint density at radius 2 is 2.09 bits per heavy atom. The fourth-order valence-corrected chi connectivity index (χ4v) is 4.06. The van der Waals surface area contributed by atoms with Crippen LogP contribution in [0.5, 0.6) is 0 Å². The molecule has 1 aromatic carbocycles. The van der Waals surface area contributed by atoms with Crippen LogP contribution in [0.3, 0.4) is 0 Å². The number of nitrogens with zero attached hydrogens (tertiary/aromatic N) is 1. The van der Waals surface area contributed by atoms with Gasteiger partial charge in [0.15, 0.2) is 0 Å². The third-order valence-electron chi connectivity index (χ3n) is 4.80. The Bertz CT molecular complexity index is 605. The first-order valence-electron chi connectivity index (χ1n) is 8.63. The summed E-state index contributed by atoms with van der Waals surface area (Å²) in [7, 11) is 0. The zero-order chi connectivity index (χ0) is 16.2. The third kappa shape index (κ3) is 3.79. The van der Waals surface area contributed by atoms with Crippen molar-refractivity contribution in [3.05, 3.63) is 33.8 Å². The van der Waals surface area contributed by atoms with Crippen LogP contribution in [0, 0.1) is 0 Å².